The zero-order valence-corrected chi connectivity index (χ0v) is 14.6. The fourth-order valence-electron chi connectivity index (χ4n) is 2.17. The van der Waals surface area contributed by atoms with Gasteiger partial charge in [-0.15, -0.1) is 0 Å². The number of carbonyl (C=O) groups is 2. The van der Waals surface area contributed by atoms with Gasteiger partial charge in [0, 0.05) is 17.6 Å². The number of esters is 1. The molecule has 1 fully saturated rings. The van der Waals surface area contributed by atoms with Gasteiger partial charge in [-0.05, 0) is 40.5 Å². The minimum atomic E-state index is -0.262. The van der Waals surface area contributed by atoms with Crippen LogP contribution < -0.4 is 4.74 Å². The van der Waals surface area contributed by atoms with Crippen molar-refractivity contribution in [1.29, 1.82) is 0 Å². The van der Waals surface area contributed by atoms with Crippen molar-refractivity contribution in [3.05, 3.63) is 27.1 Å². The lowest BCUT2D eigenvalue weighted by molar-refractivity contribution is -0.145. The SMILES string of the molecule is COC(=O)C1CCN(C(=O)COc2ccc(Br)cc2Br)C1. The maximum Gasteiger partial charge on any atom is 0.310 e. The first-order valence-electron chi connectivity index (χ1n) is 6.44. The third-order valence-corrected chi connectivity index (χ3v) is 4.43. The minimum absolute atomic E-state index is 0.0475. The molecule has 0 bridgehead atoms. The summed E-state index contributed by atoms with van der Waals surface area (Å²) in [4.78, 5) is 25.1. The molecule has 1 heterocycles. The van der Waals surface area contributed by atoms with E-state index in [1.54, 1.807) is 11.0 Å². The van der Waals surface area contributed by atoms with Crippen LogP contribution in [0.2, 0.25) is 0 Å². The Balaban J connectivity index is 1.87. The number of hydrogen-bond acceptors (Lipinski definition) is 4. The van der Waals surface area contributed by atoms with Gasteiger partial charge in [-0.1, -0.05) is 15.9 Å². The van der Waals surface area contributed by atoms with Crippen molar-refractivity contribution in [2.75, 3.05) is 26.8 Å². The first-order valence-corrected chi connectivity index (χ1v) is 8.03. The molecule has 1 aromatic rings. The van der Waals surface area contributed by atoms with Crippen molar-refractivity contribution in [2.45, 2.75) is 6.42 Å². The molecule has 114 valence electrons. The topological polar surface area (TPSA) is 55.8 Å². The number of hydrogen-bond donors (Lipinski definition) is 0. The average Bonchev–Trinajstić information content (AvgIpc) is 2.95. The molecular weight excluding hydrogens is 406 g/mol. The van der Waals surface area contributed by atoms with Gasteiger partial charge < -0.3 is 14.4 Å². The lowest BCUT2D eigenvalue weighted by Crippen LogP contribution is -2.34. The molecule has 1 aliphatic heterocycles. The predicted octanol–water partition coefficient (Wildman–Crippen LogP) is 2.61. The van der Waals surface area contributed by atoms with Crippen molar-refractivity contribution < 1.29 is 19.1 Å². The smallest absolute Gasteiger partial charge is 0.310 e. The van der Waals surface area contributed by atoms with Crippen LogP contribution in [0.4, 0.5) is 0 Å². The number of rotatable bonds is 4. The fourth-order valence-corrected chi connectivity index (χ4v) is 3.33. The van der Waals surface area contributed by atoms with Crippen molar-refractivity contribution in [1.82, 2.24) is 4.90 Å². The second kappa shape index (κ2) is 7.26. The zero-order chi connectivity index (χ0) is 15.4. The molecule has 21 heavy (non-hydrogen) atoms. The molecule has 0 aromatic heterocycles. The van der Waals surface area contributed by atoms with Gasteiger partial charge in [-0.3, -0.25) is 9.59 Å². The number of nitrogens with zero attached hydrogens (tertiary/aromatic N) is 1. The van der Waals surface area contributed by atoms with Crippen LogP contribution >= 0.6 is 31.9 Å². The molecule has 0 saturated carbocycles. The highest BCUT2D eigenvalue weighted by Gasteiger charge is 2.31. The van der Waals surface area contributed by atoms with Crippen LogP contribution in [0.1, 0.15) is 6.42 Å². The minimum Gasteiger partial charge on any atom is -0.483 e. The van der Waals surface area contributed by atoms with Gasteiger partial charge in [0.05, 0.1) is 17.5 Å². The summed E-state index contributed by atoms with van der Waals surface area (Å²) in [7, 11) is 1.36. The summed E-state index contributed by atoms with van der Waals surface area (Å²) in [5, 5.41) is 0. The van der Waals surface area contributed by atoms with E-state index in [-0.39, 0.29) is 24.4 Å². The summed E-state index contributed by atoms with van der Waals surface area (Å²) >= 11 is 6.73. The highest BCUT2D eigenvalue weighted by molar-refractivity contribution is 9.11. The Labute approximate surface area is 139 Å². The van der Waals surface area contributed by atoms with E-state index in [9.17, 15) is 9.59 Å². The Morgan fingerprint density at radius 1 is 1.38 bits per heavy atom. The number of benzene rings is 1. The van der Waals surface area contributed by atoms with Crippen molar-refractivity contribution in [3.8, 4) is 5.75 Å². The van der Waals surface area contributed by atoms with E-state index in [0.29, 0.717) is 25.3 Å². The van der Waals surface area contributed by atoms with Gasteiger partial charge in [0.25, 0.3) is 5.91 Å². The standard InChI is InChI=1S/C14H15Br2NO4/c1-20-14(19)9-4-5-17(7-9)13(18)8-21-12-3-2-10(15)6-11(12)16/h2-3,6,9H,4-5,7-8H2,1H3. The predicted molar refractivity (Wildman–Crippen MR) is 84.0 cm³/mol. The van der Waals surface area contributed by atoms with E-state index in [1.807, 2.05) is 12.1 Å². The first-order chi connectivity index (χ1) is 10.0. The molecule has 0 radical (unpaired) electrons. The Bertz CT molecular complexity index is 550. The number of amides is 1. The summed E-state index contributed by atoms with van der Waals surface area (Å²) in [6.45, 7) is 0.911. The molecule has 7 heteroatoms. The second-order valence-electron chi connectivity index (χ2n) is 4.71. The Morgan fingerprint density at radius 3 is 2.81 bits per heavy atom. The van der Waals surface area contributed by atoms with Crippen LogP contribution in [-0.2, 0) is 14.3 Å². The van der Waals surface area contributed by atoms with Crippen LogP contribution in [0.3, 0.4) is 0 Å². The van der Waals surface area contributed by atoms with E-state index >= 15 is 0 Å². The second-order valence-corrected chi connectivity index (χ2v) is 6.48. The van der Waals surface area contributed by atoms with E-state index in [0.717, 1.165) is 8.95 Å². The lowest BCUT2D eigenvalue weighted by atomic mass is 10.1. The van der Waals surface area contributed by atoms with Gasteiger partial charge in [-0.2, -0.15) is 0 Å². The van der Waals surface area contributed by atoms with Crippen molar-refractivity contribution in [3.63, 3.8) is 0 Å². The Kier molecular flexibility index (Phi) is 5.64. The monoisotopic (exact) mass is 419 g/mol. The molecule has 1 aliphatic rings. The largest absolute Gasteiger partial charge is 0.483 e. The molecule has 1 saturated heterocycles. The summed E-state index contributed by atoms with van der Waals surface area (Å²) in [5.41, 5.74) is 0. The molecule has 1 aromatic carbocycles. The van der Waals surface area contributed by atoms with Crippen LogP contribution in [0, 0.1) is 5.92 Å². The Hall–Kier alpha value is -1.08. The molecule has 1 amide bonds. The zero-order valence-electron chi connectivity index (χ0n) is 11.5. The molecule has 2 rings (SSSR count). The normalized spacial score (nSPS) is 17.7. The molecule has 5 nitrogen and oxygen atoms in total. The lowest BCUT2D eigenvalue weighted by Gasteiger charge is -2.16. The molecule has 0 spiro atoms. The molecule has 1 atom stereocenters. The van der Waals surface area contributed by atoms with Crippen LogP contribution in [0.25, 0.3) is 0 Å². The summed E-state index contributed by atoms with van der Waals surface area (Å²) in [6, 6.07) is 5.47. The molecular formula is C14H15Br2NO4. The van der Waals surface area contributed by atoms with Crippen LogP contribution in [0.5, 0.6) is 5.75 Å². The number of halogens is 2. The third kappa shape index (κ3) is 4.20. The van der Waals surface area contributed by atoms with Gasteiger partial charge in [0.2, 0.25) is 0 Å². The van der Waals surface area contributed by atoms with Crippen molar-refractivity contribution >= 4 is 43.7 Å². The molecule has 0 N–H and O–H groups in total. The van der Waals surface area contributed by atoms with E-state index in [1.165, 1.54) is 7.11 Å². The Morgan fingerprint density at radius 2 is 2.14 bits per heavy atom. The first kappa shape index (κ1) is 16.3. The fraction of sp³-hybridized carbons (Fsp3) is 0.429. The summed E-state index contributed by atoms with van der Waals surface area (Å²) < 4.78 is 11.9. The third-order valence-electron chi connectivity index (χ3n) is 3.32. The number of likely N-dealkylation sites (tertiary alicyclic amines) is 1. The summed E-state index contributed by atoms with van der Waals surface area (Å²) in [5.74, 6) is -0.00766. The van der Waals surface area contributed by atoms with Gasteiger partial charge in [0.1, 0.15) is 5.75 Å². The molecule has 1 unspecified atom stereocenters. The van der Waals surface area contributed by atoms with Gasteiger partial charge >= 0.3 is 5.97 Å². The quantitative estimate of drug-likeness (QED) is 0.702. The van der Waals surface area contributed by atoms with E-state index < -0.39 is 0 Å². The molecule has 0 aliphatic carbocycles. The summed E-state index contributed by atoms with van der Waals surface area (Å²) in [6.07, 6.45) is 0.639. The van der Waals surface area contributed by atoms with Crippen molar-refractivity contribution in [2.24, 2.45) is 5.92 Å². The van der Waals surface area contributed by atoms with Crippen LogP contribution in [0.15, 0.2) is 27.1 Å². The van der Waals surface area contributed by atoms with E-state index in [2.05, 4.69) is 31.9 Å². The van der Waals surface area contributed by atoms with Gasteiger partial charge in [-0.25, -0.2) is 0 Å². The van der Waals surface area contributed by atoms with Gasteiger partial charge in [0.15, 0.2) is 6.61 Å². The van der Waals surface area contributed by atoms with E-state index in [4.69, 9.17) is 9.47 Å². The number of methoxy groups -OCH3 is 1. The highest BCUT2D eigenvalue weighted by atomic mass is 79.9. The number of ether oxygens (including phenoxy) is 2. The average molecular weight is 421 g/mol. The maximum atomic E-state index is 12.1. The highest BCUT2D eigenvalue weighted by Crippen LogP contribution is 2.28. The maximum absolute atomic E-state index is 12.1. The number of carbonyl (C=O) groups excluding carboxylic acids is 2. The van der Waals surface area contributed by atoms with Crippen LogP contribution in [-0.4, -0.2) is 43.6 Å².